The maximum absolute atomic E-state index is 15.7. The van der Waals surface area contributed by atoms with Crippen molar-refractivity contribution in [2.24, 2.45) is 5.73 Å². The summed E-state index contributed by atoms with van der Waals surface area (Å²) in [6, 6.07) is 8.15. The van der Waals surface area contributed by atoms with Crippen LogP contribution in [0.15, 0.2) is 115 Å². The van der Waals surface area contributed by atoms with Crippen LogP contribution in [-0.2, 0) is 40.0 Å². The summed E-state index contributed by atoms with van der Waals surface area (Å²) in [5, 5.41) is 105. The smallest absolute Gasteiger partial charge is 0.330 e. The van der Waals surface area contributed by atoms with Crippen molar-refractivity contribution < 1.29 is 88.6 Å². The topological polar surface area (TPSA) is 407 Å². The number of hydrogen-bond acceptors (Lipinski definition) is 18. The highest BCUT2D eigenvalue weighted by Crippen LogP contribution is 2.48. The first-order valence-electron chi connectivity index (χ1n) is 25.5. The predicted molar refractivity (Wildman–Crippen MR) is 295 cm³/mol. The molecule has 0 saturated heterocycles. The van der Waals surface area contributed by atoms with Gasteiger partial charge in [-0.25, -0.2) is 4.79 Å². The molecular formula is C58H45Cl2N7O18. The quantitative estimate of drug-likeness (QED) is 0.103. The van der Waals surface area contributed by atoms with Crippen molar-refractivity contribution in [2.75, 3.05) is 0 Å². The third-order valence-corrected chi connectivity index (χ3v) is 15.0. The van der Waals surface area contributed by atoms with Gasteiger partial charge in [-0.05, 0) is 112 Å². The molecule has 0 fully saturated rings. The first-order chi connectivity index (χ1) is 40.5. The highest BCUT2D eigenvalue weighted by atomic mass is 35.5. The minimum atomic E-state index is -2.19. The Bertz CT molecular complexity index is 4030. The van der Waals surface area contributed by atoms with Crippen molar-refractivity contribution in [2.45, 2.75) is 54.8 Å². The Balaban J connectivity index is 1.14. The minimum absolute atomic E-state index is 0.119. The van der Waals surface area contributed by atoms with Crippen LogP contribution >= 0.6 is 23.2 Å². The van der Waals surface area contributed by atoms with E-state index in [4.69, 9.17) is 43.1 Å². The summed E-state index contributed by atoms with van der Waals surface area (Å²) in [5.74, 6) is -14.9. The van der Waals surface area contributed by atoms with E-state index in [-0.39, 0.29) is 67.3 Å². The molecule has 0 aliphatic carbocycles. The lowest BCUT2D eigenvalue weighted by molar-refractivity contribution is -0.143. The second kappa shape index (κ2) is 22.0. The van der Waals surface area contributed by atoms with Gasteiger partial charge in [-0.1, -0.05) is 47.5 Å². The fourth-order valence-corrected chi connectivity index (χ4v) is 10.7. The van der Waals surface area contributed by atoms with Crippen LogP contribution in [0.1, 0.15) is 75.3 Å². The molecular weight excluding hydrogens is 1150 g/mol. The second-order valence-corrected chi connectivity index (χ2v) is 20.9. The Morgan fingerprint density at radius 3 is 1.74 bits per heavy atom. The number of halogens is 2. The number of nitrogens with one attached hydrogen (secondary N) is 6. The van der Waals surface area contributed by atoms with E-state index < -0.39 is 152 Å². The molecule has 0 aromatic heterocycles. The number of rotatable bonds is 1. The molecule has 7 aromatic rings. The van der Waals surface area contributed by atoms with E-state index in [1.807, 2.05) is 0 Å². The van der Waals surface area contributed by atoms with Gasteiger partial charge in [0.25, 0.3) is 0 Å². The number of carbonyl (C=O) groups is 7. The number of phenols is 6. The highest BCUT2D eigenvalue weighted by Gasteiger charge is 2.41. The van der Waals surface area contributed by atoms with E-state index in [0.717, 1.165) is 60.7 Å². The number of phenolic OH excluding ortho intramolecular Hbond substituents is 6. The first-order valence-corrected chi connectivity index (χ1v) is 26.3. The maximum atomic E-state index is 15.7. The SMILES string of the molecule is N[C@@H]1C(=O)N[C@@H]2Cc3ccc(c(Cl)c3)Oc3cc4cc(c3O)Oc3ccc(cc3Cl)[C@@H](O)[C@@H]3NC(=O)[C@H](NC(=O)[C@@H]4NC(=O)[C@@H](NC2=O)c2cc(O)cc(c2)Oc2cc1ccc2O)c1ccc(O)c(c1)-c1c(O)cc(O)cc1[C@@H](C(=O)O)NC3=O. The molecule has 8 atom stereocenters. The molecule has 7 aromatic carbocycles. The monoisotopic (exact) mass is 1200 g/mol. The van der Waals surface area contributed by atoms with E-state index in [1.165, 1.54) is 54.6 Å². The minimum Gasteiger partial charge on any atom is -0.508 e. The molecule has 6 aliphatic heterocycles. The van der Waals surface area contributed by atoms with E-state index in [9.17, 15) is 60.0 Å². The van der Waals surface area contributed by atoms with Crippen molar-refractivity contribution in [1.29, 1.82) is 0 Å². The Labute approximate surface area is 488 Å². The van der Waals surface area contributed by atoms with Gasteiger partial charge in [0.1, 0.15) is 82.6 Å². The maximum Gasteiger partial charge on any atom is 0.330 e. The van der Waals surface area contributed by atoms with Gasteiger partial charge < -0.3 is 92.7 Å². The predicted octanol–water partition coefficient (Wildman–Crippen LogP) is 4.98. The molecule has 17 bridgehead atoms. The van der Waals surface area contributed by atoms with Crippen molar-refractivity contribution in [1.82, 2.24) is 31.9 Å². The van der Waals surface area contributed by atoms with Crippen LogP contribution in [0.4, 0.5) is 0 Å². The number of aliphatic hydroxyl groups is 1. The van der Waals surface area contributed by atoms with Crippen LogP contribution in [0.2, 0.25) is 10.0 Å². The third kappa shape index (κ3) is 10.9. The molecule has 85 heavy (non-hydrogen) atoms. The molecule has 0 saturated carbocycles. The third-order valence-electron chi connectivity index (χ3n) is 14.4. The molecule has 0 spiro atoms. The molecule has 13 rings (SSSR count). The number of aliphatic carboxylic acids is 1. The van der Waals surface area contributed by atoms with Crippen LogP contribution in [0.3, 0.4) is 0 Å². The van der Waals surface area contributed by atoms with Gasteiger partial charge in [0.15, 0.2) is 29.0 Å². The molecule has 6 aliphatic rings. The van der Waals surface area contributed by atoms with E-state index in [1.54, 1.807) is 0 Å². The zero-order valence-corrected chi connectivity index (χ0v) is 44.8. The number of hydrogen-bond donors (Lipinski definition) is 15. The number of fused-ring (bicyclic) bond motifs is 14. The molecule has 6 heterocycles. The number of ether oxygens (including phenoxy) is 3. The number of carbonyl (C=O) groups excluding carboxylic acids is 6. The first kappa shape index (κ1) is 56.4. The van der Waals surface area contributed by atoms with E-state index in [0.29, 0.717) is 5.56 Å². The van der Waals surface area contributed by atoms with Gasteiger partial charge in [0.2, 0.25) is 41.2 Å². The molecule has 0 radical (unpaired) electrons. The van der Waals surface area contributed by atoms with Gasteiger partial charge in [0.05, 0.1) is 10.0 Å². The number of aliphatic hydroxyl groups excluding tert-OH is 1. The number of carboxylic acid groups (broad SMARTS) is 1. The standard InChI is InChI=1S/C58H45Cl2N7O18/c59-32-9-21-1-7-38(32)84-41-16-26-17-42(51(41)74)85-39-8-4-24(14-33(39)60)50(73)49-57(80)66-48(58(81)82)31-19-28(69)20-37(72)43(31)30-13-23(3-5-35(30)70)45(54(77)67-49)64-56(79)47(26)65-55(78)46-25-11-27(68)18-29(12-25)83-40-15-22(2-6-36(40)71)44(61)53(76)62-34(10-21)52(75)63-46/h1-9,11-20,34,44-50,68-74H,10,61H2,(H,62,76)(H,63,75)(H,64,79)(H,65,78)(H,66,80)(H,67,77)(H,81,82)/t34-,44+,45-,46+,47-,48+,49+,50-/m1/s1. The van der Waals surface area contributed by atoms with Crippen molar-refractivity contribution in [3.05, 3.63) is 164 Å². The van der Waals surface area contributed by atoms with E-state index in [2.05, 4.69) is 31.9 Å². The number of aromatic hydroxyl groups is 6. The summed E-state index contributed by atoms with van der Waals surface area (Å²) in [6.07, 6.45) is -2.47. The summed E-state index contributed by atoms with van der Waals surface area (Å²) in [4.78, 5) is 103. The van der Waals surface area contributed by atoms with Gasteiger partial charge in [-0.15, -0.1) is 0 Å². The Morgan fingerprint density at radius 1 is 0.494 bits per heavy atom. The number of benzene rings is 7. The molecule has 6 amide bonds. The van der Waals surface area contributed by atoms with Crippen LogP contribution in [0, 0.1) is 0 Å². The van der Waals surface area contributed by atoms with Crippen LogP contribution < -0.4 is 51.8 Å². The molecule has 27 heteroatoms. The Hall–Kier alpha value is -10.5. The zero-order chi connectivity index (χ0) is 60.4. The van der Waals surface area contributed by atoms with E-state index >= 15 is 14.4 Å². The van der Waals surface area contributed by atoms with Crippen molar-refractivity contribution in [3.63, 3.8) is 0 Å². The molecule has 25 nitrogen and oxygen atoms in total. The molecule has 0 unspecified atom stereocenters. The average Bonchev–Trinajstić information content (AvgIpc) is 3.65. The summed E-state index contributed by atoms with van der Waals surface area (Å²) in [6.45, 7) is 0. The lowest BCUT2D eigenvalue weighted by Crippen LogP contribution is -2.55. The lowest BCUT2D eigenvalue weighted by atomic mass is 9.89. The van der Waals surface area contributed by atoms with Gasteiger partial charge in [-0.3, -0.25) is 28.8 Å². The summed E-state index contributed by atoms with van der Waals surface area (Å²) >= 11 is 13.7. The Morgan fingerprint density at radius 2 is 1.07 bits per heavy atom. The van der Waals surface area contributed by atoms with Gasteiger partial charge in [0, 0.05) is 35.2 Å². The zero-order valence-electron chi connectivity index (χ0n) is 43.3. The summed E-state index contributed by atoms with van der Waals surface area (Å²) in [5.41, 5.74) is 4.41. The van der Waals surface area contributed by atoms with Crippen LogP contribution in [0.5, 0.6) is 69.0 Å². The number of amides is 6. The number of nitrogens with two attached hydrogens (primary N) is 1. The normalized spacial score (nSPS) is 22.0. The van der Waals surface area contributed by atoms with Crippen LogP contribution in [0.25, 0.3) is 11.1 Å². The second-order valence-electron chi connectivity index (χ2n) is 20.1. The fraction of sp³-hybridized carbons (Fsp3) is 0.155. The average molecular weight is 1200 g/mol. The van der Waals surface area contributed by atoms with Crippen molar-refractivity contribution >= 4 is 64.6 Å². The van der Waals surface area contributed by atoms with Crippen LogP contribution in [-0.4, -0.2) is 94.3 Å². The fourth-order valence-electron chi connectivity index (χ4n) is 10.2. The van der Waals surface area contributed by atoms with Gasteiger partial charge in [-0.2, -0.15) is 0 Å². The summed E-state index contributed by atoms with van der Waals surface area (Å²) < 4.78 is 18.4. The number of carboxylic acids is 1. The Kier molecular flexibility index (Phi) is 14.6. The molecule has 16 N–H and O–H groups in total. The molecule has 434 valence electrons. The van der Waals surface area contributed by atoms with Gasteiger partial charge >= 0.3 is 5.97 Å². The van der Waals surface area contributed by atoms with Crippen molar-refractivity contribution in [3.8, 4) is 80.1 Å². The highest BCUT2D eigenvalue weighted by molar-refractivity contribution is 6.32. The largest absolute Gasteiger partial charge is 0.508 e. The summed E-state index contributed by atoms with van der Waals surface area (Å²) in [7, 11) is 0. The lowest BCUT2D eigenvalue weighted by Gasteiger charge is -2.31.